The molecule has 0 amide bonds. The number of anilines is 1. The van der Waals surface area contributed by atoms with Crippen LogP contribution in [0, 0.1) is 0 Å². The normalized spacial score (nSPS) is 22.2. The Bertz CT molecular complexity index is 716. The SMILES string of the molecule is CC[C@H]1CCCCN1C(=S)Nc1ccc(S(=O)(=O)N2CCOCC2)cc1. The van der Waals surface area contributed by atoms with Gasteiger partial charge in [-0.1, -0.05) is 6.92 Å². The highest BCUT2D eigenvalue weighted by atomic mass is 32.2. The third-order valence-electron chi connectivity index (χ3n) is 5.07. The number of hydrogen-bond acceptors (Lipinski definition) is 4. The first-order chi connectivity index (χ1) is 12.5. The minimum absolute atomic E-state index is 0.306. The lowest BCUT2D eigenvalue weighted by Crippen LogP contribution is -2.45. The zero-order valence-corrected chi connectivity index (χ0v) is 16.8. The number of likely N-dealkylation sites (tertiary alicyclic amines) is 1. The first-order valence-corrected chi connectivity index (χ1v) is 11.1. The van der Waals surface area contributed by atoms with Gasteiger partial charge in [-0.2, -0.15) is 4.31 Å². The van der Waals surface area contributed by atoms with Crippen LogP contribution < -0.4 is 5.32 Å². The molecular weight excluding hydrogens is 370 g/mol. The summed E-state index contributed by atoms with van der Waals surface area (Å²) in [5.74, 6) is 0. The van der Waals surface area contributed by atoms with Gasteiger partial charge < -0.3 is 15.0 Å². The van der Waals surface area contributed by atoms with E-state index in [1.54, 1.807) is 24.3 Å². The van der Waals surface area contributed by atoms with Crippen molar-refractivity contribution in [3.63, 3.8) is 0 Å². The van der Waals surface area contributed by atoms with Gasteiger partial charge in [0.1, 0.15) is 0 Å². The van der Waals surface area contributed by atoms with E-state index in [0.29, 0.717) is 37.2 Å². The van der Waals surface area contributed by atoms with Crippen LogP contribution in [0.1, 0.15) is 32.6 Å². The van der Waals surface area contributed by atoms with Crippen LogP contribution in [0.3, 0.4) is 0 Å². The smallest absolute Gasteiger partial charge is 0.243 e. The Morgan fingerprint density at radius 2 is 1.88 bits per heavy atom. The fourth-order valence-electron chi connectivity index (χ4n) is 3.53. The Labute approximate surface area is 161 Å². The van der Waals surface area contributed by atoms with E-state index in [2.05, 4.69) is 17.1 Å². The van der Waals surface area contributed by atoms with Gasteiger partial charge in [0.2, 0.25) is 10.0 Å². The lowest BCUT2D eigenvalue weighted by Gasteiger charge is -2.37. The number of nitrogens with zero attached hydrogens (tertiary/aromatic N) is 2. The summed E-state index contributed by atoms with van der Waals surface area (Å²) in [7, 11) is -3.46. The summed E-state index contributed by atoms with van der Waals surface area (Å²) in [6.45, 7) is 4.87. The quantitative estimate of drug-likeness (QED) is 0.788. The minimum Gasteiger partial charge on any atom is -0.379 e. The number of sulfonamides is 1. The molecular formula is C18H27N3O3S2. The molecule has 0 spiro atoms. The van der Waals surface area contributed by atoms with Crippen molar-refractivity contribution < 1.29 is 13.2 Å². The van der Waals surface area contributed by atoms with Gasteiger partial charge in [0.15, 0.2) is 5.11 Å². The molecule has 2 heterocycles. The molecule has 3 rings (SSSR count). The molecule has 2 aliphatic rings. The number of morpholine rings is 1. The Kier molecular flexibility index (Phi) is 6.50. The predicted octanol–water partition coefficient (Wildman–Crippen LogP) is 2.67. The van der Waals surface area contributed by atoms with Crippen molar-refractivity contribution in [3.05, 3.63) is 24.3 Å². The van der Waals surface area contributed by atoms with Crippen molar-refractivity contribution in [1.82, 2.24) is 9.21 Å². The monoisotopic (exact) mass is 397 g/mol. The van der Waals surface area contributed by atoms with Crippen LogP contribution in [0.2, 0.25) is 0 Å². The topological polar surface area (TPSA) is 61.9 Å². The molecule has 1 N–H and O–H groups in total. The van der Waals surface area contributed by atoms with Crippen LogP contribution in [-0.2, 0) is 14.8 Å². The first kappa shape index (κ1) is 19.5. The maximum absolute atomic E-state index is 12.7. The van der Waals surface area contributed by atoms with E-state index in [0.717, 1.165) is 30.2 Å². The van der Waals surface area contributed by atoms with Crippen LogP contribution in [-0.4, -0.2) is 61.6 Å². The highest BCUT2D eigenvalue weighted by molar-refractivity contribution is 7.89. The number of hydrogen-bond donors (Lipinski definition) is 1. The summed E-state index contributed by atoms with van der Waals surface area (Å²) < 4.78 is 32.0. The summed E-state index contributed by atoms with van der Waals surface area (Å²) >= 11 is 5.58. The first-order valence-electron chi connectivity index (χ1n) is 9.28. The predicted molar refractivity (Wildman–Crippen MR) is 107 cm³/mol. The maximum atomic E-state index is 12.7. The van der Waals surface area contributed by atoms with Crippen molar-refractivity contribution in [1.29, 1.82) is 0 Å². The lowest BCUT2D eigenvalue weighted by molar-refractivity contribution is 0.0730. The standard InChI is InChI=1S/C18H27N3O3S2/c1-2-16-5-3-4-10-21(16)18(25)19-15-6-8-17(9-7-15)26(22,23)20-11-13-24-14-12-20/h6-9,16H,2-5,10-14H2,1H3,(H,19,25)/t16-/m0/s1. The Morgan fingerprint density at radius 3 is 2.54 bits per heavy atom. The van der Waals surface area contributed by atoms with Crippen molar-refractivity contribution >= 4 is 33.0 Å². The fraction of sp³-hybridized carbons (Fsp3) is 0.611. The van der Waals surface area contributed by atoms with Gasteiger partial charge in [0.25, 0.3) is 0 Å². The van der Waals surface area contributed by atoms with E-state index in [-0.39, 0.29) is 0 Å². The number of ether oxygens (including phenoxy) is 1. The molecule has 0 saturated carbocycles. The maximum Gasteiger partial charge on any atom is 0.243 e. The van der Waals surface area contributed by atoms with Gasteiger partial charge >= 0.3 is 0 Å². The molecule has 1 aromatic rings. The molecule has 0 aromatic heterocycles. The third kappa shape index (κ3) is 4.36. The van der Waals surface area contributed by atoms with E-state index in [1.807, 2.05) is 0 Å². The van der Waals surface area contributed by atoms with E-state index >= 15 is 0 Å². The Hall–Kier alpha value is -1.22. The third-order valence-corrected chi connectivity index (χ3v) is 7.32. The Balaban J connectivity index is 1.66. The summed E-state index contributed by atoms with van der Waals surface area (Å²) in [6, 6.07) is 7.34. The molecule has 2 aliphatic heterocycles. The molecule has 0 bridgehead atoms. The molecule has 6 nitrogen and oxygen atoms in total. The second-order valence-electron chi connectivity index (χ2n) is 6.72. The highest BCUT2D eigenvalue weighted by Gasteiger charge is 2.26. The number of nitrogens with one attached hydrogen (secondary N) is 1. The molecule has 0 radical (unpaired) electrons. The van der Waals surface area contributed by atoms with Crippen LogP contribution >= 0.6 is 12.2 Å². The van der Waals surface area contributed by atoms with Crippen LogP contribution in [0.4, 0.5) is 5.69 Å². The van der Waals surface area contributed by atoms with E-state index in [4.69, 9.17) is 17.0 Å². The zero-order valence-electron chi connectivity index (χ0n) is 15.2. The van der Waals surface area contributed by atoms with Gasteiger partial charge in [-0.3, -0.25) is 0 Å². The van der Waals surface area contributed by atoms with Crippen LogP contribution in [0.5, 0.6) is 0 Å². The largest absolute Gasteiger partial charge is 0.379 e. The number of thiocarbonyl (C=S) groups is 1. The number of piperidine rings is 1. The number of rotatable bonds is 4. The van der Waals surface area contributed by atoms with Crippen molar-refractivity contribution in [3.8, 4) is 0 Å². The molecule has 144 valence electrons. The van der Waals surface area contributed by atoms with Gasteiger partial charge in [-0.05, 0) is 62.2 Å². The molecule has 26 heavy (non-hydrogen) atoms. The molecule has 8 heteroatoms. The van der Waals surface area contributed by atoms with Crippen molar-refractivity contribution in [2.24, 2.45) is 0 Å². The zero-order chi connectivity index (χ0) is 18.6. The molecule has 2 fully saturated rings. The molecule has 0 aliphatic carbocycles. The van der Waals surface area contributed by atoms with Crippen LogP contribution in [0.15, 0.2) is 29.2 Å². The second kappa shape index (κ2) is 8.65. The summed E-state index contributed by atoms with van der Waals surface area (Å²) in [6.07, 6.45) is 4.67. The molecule has 1 aromatic carbocycles. The molecule has 1 atom stereocenters. The average Bonchev–Trinajstić information content (AvgIpc) is 2.69. The van der Waals surface area contributed by atoms with Gasteiger partial charge in [0, 0.05) is 31.4 Å². The summed E-state index contributed by atoms with van der Waals surface area (Å²) in [5.41, 5.74) is 0.816. The fourth-order valence-corrected chi connectivity index (χ4v) is 5.30. The molecule has 2 saturated heterocycles. The second-order valence-corrected chi connectivity index (χ2v) is 9.05. The average molecular weight is 398 g/mol. The lowest BCUT2D eigenvalue weighted by atomic mass is 10.0. The van der Waals surface area contributed by atoms with E-state index in [9.17, 15) is 8.42 Å². The Morgan fingerprint density at radius 1 is 1.19 bits per heavy atom. The van der Waals surface area contributed by atoms with Gasteiger partial charge in [-0.15, -0.1) is 0 Å². The van der Waals surface area contributed by atoms with E-state index in [1.165, 1.54) is 17.1 Å². The summed E-state index contributed by atoms with van der Waals surface area (Å²) in [5, 5.41) is 3.99. The summed E-state index contributed by atoms with van der Waals surface area (Å²) in [4.78, 5) is 2.57. The number of benzene rings is 1. The molecule has 0 unspecified atom stereocenters. The van der Waals surface area contributed by atoms with Crippen molar-refractivity contribution in [2.75, 3.05) is 38.2 Å². The van der Waals surface area contributed by atoms with Gasteiger partial charge in [0.05, 0.1) is 18.1 Å². The minimum atomic E-state index is -3.46. The highest BCUT2D eigenvalue weighted by Crippen LogP contribution is 2.22. The van der Waals surface area contributed by atoms with Crippen LogP contribution in [0.25, 0.3) is 0 Å². The van der Waals surface area contributed by atoms with E-state index < -0.39 is 10.0 Å². The van der Waals surface area contributed by atoms with Gasteiger partial charge in [-0.25, -0.2) is 8.42 Å². The van der Waals surface area contributed by atoms with Crippen molar-refractivity contribution in [2.45, 2.75) is 43.5 Å².